The monoisotopic (exact) mass is 318 g/mol. The molecule has 1 aliphatic carbocycles. The molecule has 1 aromatic rings. The van der Waals surface area contributed by atoms with E-state index < -0.39 is 8.32 Å². The highest BCUT2D eigenvalue weighted by molar-refractivity contribution is 6.74. The number of esters is 1. The average molecular weight is 318 g/mol. The van der Waals surface area contributed by atoms with Crippen molar-refractivity contribution in [3.8, 4) is 5.75 Å². The van der Waals surface area contributed by atoms with Crippen LogP contribution in [0.25, 0.3) is 6.08 Å². The quantitative estimate of drug-likeness (QED) is 0.590. The predicted octanol–water partition coefficient (Wildman–Crippen LogP) is 4.82. The van der Waals surface area contributed by atoms with Gasteiger partial charge in [0.15, 0.2) is 0 Å². The summed E-state index contributed by atoms with van der Waals surface area (Å²) < 4.78 is 11.6. The van der Waals surface area contributed by atoms with E-state index in [4.69, 9.17) is 9.16 Å². The zero-order valence-electron chi connectivity index (χ0n) is 14.4. The highest BCUT2D eigenvalue weighted by atomic mass is 28.4. The van der Waals surface area contributed by atoms with E-state index in [-0.39, 0.29) is 11.0 Å². The summed E-state index contributed by atoms with van der Waals surface area (Å²) in [6.07, 6.45) is 5.02. The number of allylic oxidation sites excluding steroid dienone is 1. The third-order valence-corrected chi connectivity index (χ3v) is 8.89. The van der Waals surface area contributed by atoms with E-state index in [0.29, 0.717) is 12.2 Å². The highest BCUT2D eigenvalue weighted by Gasteiger charge is 2.39. The predicted molar refractivity (Wildman–Crippen MR) is 93.0 cm³/mol. The van der Waals surface area contributed by atoms with Crippen molar-refractivity contribution in [3.63, 3.8) is 0 Å². The van der Waals surface area contributed by atoms with E-state index in [1.54, 1.807) is 0 Å². The summed E-state index contributed by atoms with van der Waals surface area (Å²) in [5.41, 5.74) is 2.82. The van der Waals surface area contributed by atoms with Crippen LogP contribution in [0.15, 0.2) is 18.2 Å². The van der Waals surface area contributed by atoms with Crippen LogP contribution in [0.2, 0.25) is 18.1 Å². The van der Waals surface area contributed by atoms with Gasteiger partial charge in [0.05, 0.1) is 12.2 Å². The Morgan fingerprint density at radius 2 is 1.95 bits per heavy atom. The minimum atomic E-state index is -1.94. The lowest BCUT2D eigenvalue weighted by molar-refractivity contribution is 0.0526. The van der Waals surface area contributed by atoms with Crippen LogP contribution in [0.3, 0.4) is 0 Å². The van der Waals surface area contributed by atoms with Crippen LogP contribution in [0, 0.1) is 0 Å². The Balaban J connectivity index is 2.42. The van der Waals surface area contributed by atoms with Gasteiger partial charge in [-0.1, -0.05) is 32.9 Å². The number of hydrogen-bond donors (Lipinski definition) is 0. The third kappa shape index (κ3) is 3.27. The molecule has 0 heterocycles. The molecule has 0 unspecified atom stereocenters. The molecule has 0 amide bonds. The number of benzene rings is 1. The standard InChI is InChI=1S/C18H26O3Si/c1-7-20-17(19)14-11-13-9-8-10-15(13)16(12-14)21-22(5,6)18(2,3)4/h8-9,11-12H,7,10H2,1-6H3. The lowest BCUT2D eigenvalue weighted by Gasteiger charge is -2.37. The van der Waals surface area contributed by atoms with Crippen LogP contribution in [0.1, 0.15) is 49.2 Å². The molecule has 0 saturated heterocycles. The summed E-state index contributed by atoms with van der Waals surface area (Å²) >= 11 is 0. The van der Waals surface area contributed by atoms with Crippen LogP contribution in [0.4, 0.5) is 0 Å². The topological polar surface area (TPSA) is 35.5 Å². The van der Waals surface area contributed by atoms with Gasteiger partial charge in [-0.2, -0.15) is 0 Å². The van der Waals surface area contributed by atoms with Crippen molar-refractivity contribution in [3.05, 3.63) is 34.9 Å². The van der Waals surface area contributed by atoms with Crippen molar-refractivity contribution in [1.82, 2.24) is 0 Å². The van der Waals surface area contributed by atoms with Gasteiger partial charge < -0.3 is 9.16 Å². The molecular weight excluding hydrogens is 292 g/mol. The molecule has 2 rings (SSSR count). The molecule has 0 atom stereocenters. The van der Waals surface area contributed by atoms with E-state index in [1.807, 2.05) is 19.1 Å². The Hall–Kier alpha value is -1.55. The first-order chi connectivity index (χ1) is 10.2. The molecule has 120 valence electrons. The second kappa shape index (κ2) is 5.92. The number of fused-ring (bicyclic) bond motifs is 1. The first kappa shape index (κ1) is 16.8. The van der Waals surface area contributed by atoms with Crippen molar-refractivity contribution < 1.29 is 14.0 Å². The number of rotatable bonds is 4. The van der Waals surface area contributed by atoms with Crippen molar-refractivity contribution >= 4 is 20.4 Å². The molecule has 0 bridgehead atoms. The van der Waals surface area contributed by atoms with E-state index in [2.05, 4.69) is 46.0 Å². The summed E-state index contributed by atoms with van der Waals surface area (Å²) in [6.45, 7) is 13.3. The first-order valence-corrected chi connectivity index (χ1v) is 10.8. The van der Waals surface area contributed by atoms with Crippen LogP contribution in [-0.4, -0.2) is 20.9 Å². The largest absolute Gasteiger partial charge is 0.543 e. The smallest absolute Gasteiger partial charge is 0.338 e. The number of carbonyl (C=O) groups is 1. The Morgan fingerprint density at radius 1 is 1.27 bits per heavy atom. The molecule has 0 spiro atoms. The van der Waals surface area contributed by atoms with Gasteiger partial charge in [0.2, 0.25) is 8.32 Å². The maximum atomic E-state index is 12.1. The normalized spacial score (nSPS) is 13.9. The third-order valence-electron chi connectivity index (χ3n) is 4.55. The van der Waals surface area contributed by atoms with Crippen LogP contribution in [0.5, 0.6) is 5.75 Å². The maximum Gasteiger partial charge on any atom is 0.338 e. The molecule has 4 heteroatoms. The van der Waals surface area contributed by atoms with Crippen molar-refractivity contribution in [1.29, 1.82) is 0 Å². The Bertz CT molecular complexity index is 609. The first-order valence-electron chi connectivity index (χ1n) is 7.85. The van der Waals surface area contributed by atoms with E-state index in [0.717, 1.165) is 17.7 Å². The van der Waals surface area contributed by atoms with Crippen LogP contribution in [-0.2, 0) is 11.2 Å². The van der Waals surface area contributed by atoms with Gasteiger partial charge in [0, 0.05) is 5.56 Å². The van der Waals surface area contributed by atoms with Crippen molar-refractivity contribution in [2.24, 2.45) is 0 Å². The van der Waals surface area contributed by atoms with Crippen LogP contribution >= 0.6 is 0 Å². The lowest BCUT2D eigenvalue weighted by atomic mass is 10.0. The average Bonchev–Trinajstić information content (AvgIpc) is 2.85. The maximum absolute atomic E-state index is 12.1. The molecule has 1 aromatic carbocycles. The molecule has 0 fully saturated rings. The fourth-order valence-electron chi connectivity index (χ4n) is 2.19. The zero-order valence-corrected chi connectivity index (χ0v) is 15.4. The van der Waals surface area contributed by atoms with Crippen LogP contribution < -0.4 is 4.43 Å². The summed E-state index contributed by atoms with van der Waals surface area (Å²) in [6, 6.07) is 3.75. The summed E-state index contributed by atoms with van der Waals surface area (Å²) in [5, 5.41) is 0.117. The fourth-order valence-corrected chi connectivity index (χ4v) is 3.23. The molecular formula is C18H26O3Si. The minimum absolute atomic E-state index is 0.117. The minimum Gasteiger partial charge on any atom is -0.543 e. The van der Waals surface area contributed by atoms with E-state index in [9.17, 15) is 4.79 Å². The Kier molecular flexibility index (Phi) is 4.52. The molecule has 0 aliphatic heterocycles. The molecule has 1 aliphatic rings. The van der Waals surface area contributed by atoms with E-state index >= 15 is 0 Å². The van der Waals surface area contributed by atoms with Gasteiger partial charge in [0.1, 0.15) is 5.75 Å². The number of ether oxygens (including phenoxy) is 1. The van der Waals surface area contributed by atoms with Gasteiger partial charge in [-0.25, -0.2) is 4.79 Å². The van der Waals surface area contributed by atoms with Gasteiger partial charge in [0.25, 0.3) is 0 Å². The molecule has 0 N–H and O–H groups in total. The molecule has 3 nitrogen and oxygen atoms in total. The SMILES string of the molecule is CCOC(=O)c1cc2c(c(O[Si](C)(C)C(C)(C)C)c1)CC=C2. The van der Waals surface area contributed by atoms with Gasteiger partial charge in [-0.3, -0.25) is 0 Å². The molecule has 0 aromatic heterocycles. The van der Waals surface area contributed by atoms with Gasteiger partial charge >= 0.3 is 5.97 Å². The number of carbonyl (C=O) groups excluding carboxylic acids is 1. The van der Waals surface area contributed by atoms with E-state index in [1.165, 1.54) is 5.56 Å². The van der Waals surface area contributed by atoms with Gasteiger partial charge in [-0.05, 0) is 49.2 Å². The summed E-state index contributed by atoms with van der Waals surface area (Å²) in [5.74, 6) is 0.558. The zero-order chi connectivity index (χ0) is 16.5. The van der Waals surface area contributed by atoms with Crippen molar-refractivity contribution in [2.45, 2.75) is 52.2 Å². The second-order valence-electron chi connectivity index (χ2n) is 7.23. The molecule has 22 heavy (non-hydrogen) atoms. The lowest BCUT2D eigenvalue weighted by Crippen LogP contribution is -2.44. The fraction of sp³-hybridized carbons (Fsp3) is 0.500. The second-order valence-corrected chi connectivity index (χ2v) is 12.0. The van der Waals surface area contributed by atoms with Gasteiger partial charge in [-0.15, -0.1) is 0 Å². The highest BCUT2D eigenvalue weighted by Crippen LogP contribution is 2.40. The van der Waals surface area contributed by atoms with Crippen molar-refractivity contribution in [2.75, 3.05) is 6.61 Å². The Labute approximate surface area is 134 Å². The summed E-state index contributed by atoms with van der Waals surface area (Å²) in [7, 11) is -1.94. The summed E-state index contributed by atoms with van der Waals surface area (Å²) in [4.78, 5) is 12.1. The Morgan fingerprint density at radius 3 is 2.55 bits per heavy atom. The molecule has 0 saturated carbocycles. The number of hydrogen-bond acceptors (Lipinski definition) is 3. The molecule has 0 radical (unpaired) electrons.